The molecular formula is C34H32N2O4Pd. The summed E-state index contributed by atoms with van der Waals surface area (Å²) in [6.07, 6.45) is 1.98. The van der Waals surface area contributed by atoms with Crippen LogP contribution in [0.1, 0.15) is 33.4 Å². The Bertz CT molecular complexity index is 1540. The van der Waals surface area contributed by atoms with Gasteiger partial charge >= 0.3 is 11.9 Å². The van der Waals surface area contributed by atoms with Crippen LogP contribution in [-0.2, 0) is 39.5 Å². The van der Waals surface area contributed by atoms with Gasteiger partial charge in [-0.1, -0.05) is 72.8 Å². The van der Waals surface area contributed by atoms with Crippen LogP contribution in [0.4, 0.5) is 11.4 Å². The molecular weight excluding hydrogens is 607 g/mol. The molecule has 0 aromatic heterocycles. The Balaban J connectivity index is 0.000000363. The Morgan fingerprint density at radius 2 is 0.927 bits per heavy atom. The van der Waals surface area contributed by atoms with Gasteiger partial charge in [0.15, 0.2) is 0 Å². The van der Waals surface area contributed by atoms with Gasteiger partial charge in [-0.25, -0.2) is 19.6 Å². The summed E-state index contributed by atoms with van der Waals surface area (Å²) in [6, 6.07) is 25.6. The summed E-state index contributed by atoms with van der Waals surface area (Å²) in [5.41, 5.74) is 11.0. The van der Waals surface area contributed by atoms with Crippen LogP contribution in [0.2, 0.25) is 0 Å². The Morgan fingerprint density at radius 3 is 1.27 bits per heavy atom. The van der Waals surface area contributed by atoms with Crippen LogP contribution in [-0.4, -0.2) is 37.6 Å². The normalized spacial score (nSPS) is 13.6. The van der Waals surface area contributed by atoms with E-state index in [9.17, 15) is 9.59 Å². The molecule has 0 bridgehead atoms. The van der Waals surface area contributed by atoms with E-state index in [-0.39, 0.29) is 20.4 Å². The number of hydrogen-bond acceptors (Lipinski definition) is 6. The number of carbonyl (C=O) groups excluding carboxylic acids is 2. The van der Waals surface area contributed by atoms with Gasteiger partial charge < -0.3 is 9.47 Å². The summed E-state index contributed by atoms with van der Waals surface area (Å²) >= 11 is 0. The van der Waals surface area contributed by atoms with E-state index in [0.29, 0.717) is 0 Å². The number of para-hydroxylation sites is 2. The molecule has 41 heavy (non-hydrogen) atoms. The minimum atomic E-state index is -0.578. The quantitative estimate of drug-likeness (QED) is 0.134. The van der Waals surface area contributed by atoms with Crippen molar-refractivity contribution in [1.82, 2.24) is 0 Å². The smallest absolute Gasteiger partial charge is 0.330 e. The molecule has 0 saturated carbocycles. The predicted molar refractivity (Wildman–Crippen MR) is 161 cm³/mol. The number of nitrogens with zero attached hydrogens (tertiary/aromatic N) is 2. The number of ether oxygens (including phenoxy) is 2. The zero-order chi connectivity index (χ0) is 28.8. The van der Waals surface area contributed by atoms with E-state index >= 15 is 0 Å². The van der Waals surface area contributed by atoms with E-state index in [2.05, 4.69) is 110 Å². The topological polar surface area (TPSA) is 77.3 Å². The fraction of sp³-hybridized carbons (Fsp3) is 0.176. The molecule has 0 atom stereocenters. The predicted octanol–water partition coefficient (Wildman–Crippen LogP) is 7.21. The molecule has 0 heterocycles. The van der Waals surface area contributed by atoms with Gasteiger partial charge in [0.25, 0.3) is 0 Å². The number of esters is 2. The van der Waals surface area contributed by atoms with Crippen molar-refractivity contribution >= 4 is 45.5 Å². The van der Waals surface area contributed by atoms with Crippen molar-refractivity contribution in [3.05, 3.63) is 118 Å². The summed E-state index contributed by atoms with van der Waals surface area (Å²) in [6.45, 7) is 8.49. The van der Waals surface area contributed by atoms with E-state index < -0.39 is 11.9 Å². The van der Waals surface area contributed by atoms with E-state index in [4.69, 9.17) is 9.98 Å². The van der Waals surface area contributed by atoms with Crippen molar-refractivity contribution in [2.24, 2.45) is 9.98 Å². The number of rotatable bonds is 4. The molecule has 0 fully saturated rings. The van der Waals surface area contributed by atoms with Crippen LogP contribution in [0.15, 0.2) is 94.9 Å². The summed E-state index contributed by atoms with van der Waals surface area (Å²) in [7, 11) is 2.45. The van der Waals surface area contributed by atoms with E-state index in [1.54, 1.807) is 0 Å². The second-order valence-electron chi connectivity index (χ2n) is 9.49. The molecule has 1 aliphatic rings. The van der Waals surface area contributed by atoms with Crippen molar-refractivity contribution in [2.75, 3.05) is 14.2 Å². The van der Waals surface area contributed by atoms with Crippen molar-refractivity contribution in [3.8, 4) is 0 Å². The van der Waals surface area contributed by atoms with Gasteiger partial charge in [-0.15, -0.1) is 0 Å². The fourth-order valence-corrected chi connectivity index (χ4v) is 4.68. The number of benzene rings is 4. The first-order valence-corrected chi connectivity index (χ1v) is 12.9. The van der Waals surface area contributed by atoms with Gasteiger partial charge in [0.2, 0.25) is 0 Å². The molecule has 0 radical (unpaired) electrons. The monoisotopic (exact) mass is 638 g/mol. The van der Waals surface area contributed by atoms with Crippen molar-refractivity contribution in [3.63, 3.8) is 0 Å². The molecule has 0 unspecified atom stereocenters. The fourth-order valence-electron chi connectivity index (χ4n) is 4.68. The minimum absolute atomic E-state index is 0. The van der Waals surface area contributed by atoms with Crippen LogP contribution >= 0.6 is 0 Å². The molecule has 4 aromatic carbocycles. The maximum Gasteiger partial charge on any atom is 0.330 e. The van der Waals surface area contributed by atoms with Crippen molar-refractivity contribution < 1.29 is 39.5 Å². The van der Waals surface area contributed by atoms with Crippen LogP contribution < -0.4 is 0 Å². The molecule has 5 rings (SSSR count). The summed E-state index contributed by atoms with van der Waals surface area (Å²) in [4.78, 5) is 31.1. The number of hydrogen-bond donors (Lipinski definition) is 0. The summed E-state index contributed by atoms with van der Waals surface area (Å²) < 4.78 is 8.42. The second-order valence-corrected chi connectivity index (χ2v) is 9.49. The van der Waals surface area contributed by atoms with E-state index in [1.807, 2.05) is 0 Å². The summed E-state index contributed by atoms with van der Waals surface area (Å²) in [5, 5.41) is 2.47. The number of methoxy groups -OCH3 is 2. The standard InChI is InChI=1S/C28H24N2.C6H8O4.Pd/c1-17-9-5-10-18(2)25(17)29-27-22-15-7-13-21-14-8-16-23(24(21)22)28(27)30-26-19(3)11-6-12-20(26)4;1-9-5(7)3-4-6(8)10-2;/h5-16H,1-4H3;3-4H,1-2H3;/b;4-3+;. The number of aliphatic imine (C=N–C) groups is 2. The molecule has 0 aliphatic heterocycles. The van der Waals surface area contributed by atoms with Gasteiger partial charge in [-0.3, -0.25) is 0 Å². The second kappa shape index (κ2) is 13.9. The first kappa shape index (κ1) is 31.4. The zero-order valence-corrected chi connectivity index (χ0v) is 25.5. The van der Waals surface area contributed by atoms with Gasteiger partial charge in [0.05, 0.1) is 37.0 Å². The Hall–Kier alpha value is -4.18. The molecule has 0 spiro atoms. The third-order valence-corrected chi connectivity index (χ3v) is 6.72. The molecule has 212 valence electrons. The molecule has 0 amide bonds. The van der Waals surface area contributed by atoms with Crippen LogP contribution in [0, 0.1) is 27.7 Å². The largest absolute Gasteiger partial charge is 0.466 e. The molecule has 0 saturated heterocycles. The average molecular weight is 639 g/mol. The molecule has 1 aliphatic carbocycles. The third-order valence-electron chi connectivity index (χ3n) is 6.72. The number of carbonyl (C=O) groups is 2. The third kappa shape index (κ3) is 6.94. The zero-order valence-electron chi connectivity index (χ0n) is 23.9. The van der Waals surface area contributed by atoms with E-state index in [1.165, 1.54) is 47.2 Å². The molecule has 6 nitrogen and oxygen atoms in total. The van der Waals surface area contributed by atoms with Gasteiger partial charge in [-0.05, 0) is 55.3 Å². The Morgan fingerprint density at radius 1 is 0.585 bits per heavy atom. The number of aryl methyl sites for hydroxylation is 4. The van der Waals surface area contributed by atoms with Gasteiger partial charge in [0.1, 0.15) is 0 Å². The van der Waals surface area contributed by atoms with Gasteiger partial charge in [-0.2, -0.15) is 0 Å². The summed E-state index contributed by atoms with van der Waals surface area (Å²) in [5.74, 6) is -1.16. The SMILES string of the molecule is COC(=O)/C=C/C(=O)OC.Cc1cccc(C)c1N=C1C(=Nc2c(C)cccc2C)c2cccc3cccc1c23.[Pd]. The first-order valence-electron chi connectivity index (χ1n) is 12.9. The minimum Gasteiger partial charge on any atom is -0.466 e. The Labute approximate surface area is 254 Å². The maximum absolute atomic E-state index is 10.3. The first-order chi connectivity index (χ1) is 19.2. The van der Waals surface area contributed by atoms with Crippen molar-refractivity contribution in [2.45, 2.75) is 27.7 Å². The molecule has 7 heteroatoms. The van der Waals surface area contributed by atoms with Gasteiger partial charge in [0, 0.05) is 49.1 Å². The average Bonchev–Trinajstić information content (AvgIpc) is 3.25. The van der Waals surface area contributed by atoms with E-state index in [0.717, 1.165) is 46.1 Å². The maximum atomic E-state index is 10.3. The van der Waals surface area contributed by atoms with Crippen LogP contribution in [0.5, 0.6) is 0 Å². The van der Waals surface area contributed by atoms with Crippen molar-refractivity contribution in [1.29, 1.82) is 0 Å². The molecule has 4 aromatic rings. The Kier molecular flexibility index (Phi) is 10.7. The van der Waals surface area contributed by atoms with Crippen LogP contribution in [0.25, 0.3) is 10.8 Å². The van der Waals surface area contributed by atoms with Crippen LogP contribution in [0.3, 0.4) is 0 Å². The molecule has 0 N–H and O–H groups in total.